The highest BCUT2D eigenvalue weighted by atomic mass is 19.1. The van der Waals surface area contributed by atoms with Crippen molar-refractivity contribution in [1.82, 2.24) is 10.3 Å². The average molecular weight is 282 g/mol. The van der Waals surface area contributed by atoms with Crippen LogP contribution in [0.5, 0.6) is 0 Å². The molecular formula is C17H15FN2O. The molecule has 4 heteroatoms. The zero-order chi connectivity index (χ0) is 14.7. The van der Waals surface area contributed by atoms with Gasteiger partial charge in [0.1, 0.15) is 5.82 Å². The summed E-state index contributed by atoms with van der Waals surface area (Å²) in [5.74, 6) is -0.386. The Morgan fingerprint density at radius 2 is 1.86 bits per heavy atom. The minimum absolute atomic E-state index is 0.149. The zero-order valence-electron chi connectivity index (χ0n) is 11.4. The Morgan fingerprint density at radius 1 is 1.10 bits per heavy atom. The predicted molar refractivity (Wildman–Crippen MR) is 80.7 cm³/mol. The van der Waals surface area contributed by atoms with Crippen molar-refractivity contribution >= 4 is 16.8 Å². The first-order valence-electron chi connectivity index (χ1n) is 6.83. The van der Waals surface area contributed by atoms with Gasteiger partial charge in [-0.1, -0.05) is 36.4 Å². The second-order valence-electron chi connectivity index (χ2n) is 4.85. The molecule has 106 valence electrons. The number of benzene rings is 2. The third kappa shape index (κ3) is 2.79. The van der Waals surface area contributed by atoms with Gasteiger partial charge < -0.3 is 10.3 Å². The second kappa shape index (κ2) is 5.79. The Labute approximate surface area is 121 Å². The van der Waals surface area contributed by atoms with Gasteiger partial charge >= 0.3 is 0 Å². The van der Waals surface area contributed by atoms with E-state index in [1.807, 2.05) is 24.3 Å². The molecule has 0 bridgehead atoms. The smallest absolute Gasteiger partial charge is 0.253 e. The third-order valence-electron chi connectivity index (χ3n) is 3.47. The molecule has 1 heterocycles. The first-order chi connectivity index (χ1) is 10.3. The number of fused-ring (bicyclic) bond motifs is 1. The normalized spacial score (nSPS) is 10.7. The van der Waals surface area contributed by atoms with E-state index in [9.17, 15) is 9.18 Å². The van der Waals surface area contributed by atoms with Crippen LogP contribution in [0.15, 0.2) is 54.7 Å². The fourth-order valence-electron chi connectivity index (χ4n) is 2.37. The number of aromatic nitrogens is 1. The number of carbonyl (C=O) groups excluding carboxylic acids is 1. The molecule has 21 heavy (non-hydrogen) atoms. The van der Waals surface area contributed by atoms with Crippen LogP contribution in [0.25, 0.3) is 10.9 Å². The van der Waals surface area contributed by atoms with Gasteiger partial charge in [-0.05, 0) is 24.1 Å². The predicted octanol–water partition coefficient (Wildman–Crippen LogP) is 3.28. The molecule has 0 aliphatic rings. The van der Waals surface area contributed by atoms with Crippen LogP contribution in [0, 0.1) is 5.82 Å². The van der Waals surface area contributed by atoms with Gasteiger partial charge in [0.05, 0.1) is 5.56 Å². The summed E-state index contributed by atoms with van der Waals surface area (Å²) in [5, 5.41) is 3.72. The number of aromatic amines is 1. The lowest BCUT2D eigenvalue weighted by molar-refractivity contribution is 0.0955. The summed E-state index contributed by atoms with van der Waals surface area (Å²) < 4.78 is 13.5. The molecule has 0 saturated carbocycles. The largest absolute Gasteiger partial charge is 0.360 e. The van der Waals surface area contributed by atoms with Gasteiger partial charge in [0.2, 0.25) is 0 Å². The van der Waals surface area contributed by atoms with E-state index in [1.54, 1.807) is 24.4 Å². The lowest BCUT2D eigenvalue weighted by atomic mass is 10.1. The van der Waals surface area contributed by atoms with E-state index >= 15 is 0 Å². The summed E-state index contributed by atoms with van der Waals surface area (Å²) in [6.07, 6.45) is 2.17. The lowest BCUT2D eigenvalue weighted by Crippen LogP contribution is -2.25. The minimum Gasteiger partial charge on any atom is -0.360 e. The molecule has 0 radical (unpaired) electrons. The Balaban J connectivity index is 1.66. The van der Waals surface area contributed by atoms with Gasteiger partial charge in [-0.2, -0.15) is 0 Å². The molecule has 2 aromatic carbocycles. The van der Waals surface area contributed by atoms with Crippen molar-refractivity contribution in [2.45, 2.75) is 6.42 Å². The van der Waals surface area contributed by atoms with Crippen LogP contribution < -0.4 is 5.32 Å². The van der Waals surface area contributed by atoms with Gasteiger partial charge in [0.25, 0.3) is 5.91 Å². The Kier molecular flexibility index (Phi) is 3.69. The van der Waals surface area contributed by atoms with Crippen molar-refractivity contribution in [2.75, 3.05) is 6.54 Å². The zero-order valence-corrected chi connectivity index (χ0v) is 11.4. The van der Waals surface area contributed by atoms with E-state index in [-0.39, 0.29) is 11.7 Å². The lowest BCUT2D eigenvalue weighted by Gasteiger charge is -2.05. The molecule has 0 aliphatic carbocycles. The summed E-state index contributed by atoms with van der Waals surface area (Å²) in [6, 6.07) is 14.2. The topological polar surface area (TPSA) is 44.9 Å². The van der Waals surface area contributed by atoms with E-state index < -0.39 is 0 Å². The highest BCUT2D eigenvalue weighted by molar-refractivity contribution is 6.06. The molecule has 3 nitrogen and oxygen atoms in total. The van der Waals surface area contributed by atoms with E-state index in [1.165, 1.54) is 6.07 Å². The summed E-state index contributed by atoms with van der Waals surface area (Å²) >= 11 is 0. The SMILES string of the molecule is O=C(NCCc1ccccc1F)c1c[nH]c2ccccc12. The summed E-state index contributed by atoms with van der Waals surface area (Å²) in [7, 11) is 0. The summed E-state index contributed by atoms with van der Waals surface area (Å²) in [6.45, 7) is 0.402. The molecule has 2 N–H and O–H groups in total. The van der Waals surface area contributed by atoms with Crippen molar-refractivity contribution in [2.24, 2.45) is 0 Å². The Hall–Kier alpha value is -2.62. The third-order valence-corrected chi connectivity index (χ3v) is 3.47. The van der Waals surface area contributed by atoms with Gasteiger partial charge in [-0.15, -0.1) is 0 Å². The van der Waals surface area contributed by atoms with Crippen LogP contribution >= 0.6 is 0 Å². The Bertz CT molecular complexity index is 779. The molecular weight excluding hydrogens is 267 g/mol. The van der Waals surface area contributed by atoms with Crippen molar-refractivity contribution in [3.63, 3.8) is 0 Å². The van der Waals surface area contributed by atoms with E-state index in [0.29, 0.717) is 24.1 Å². The molecule has 0 atom stereocenters. The number of rotatable bonds is 4. The first kappa shape index (κ1) is 13.4. The van der Waals surface area contributed by atoms with Crippen molar-refractivity contribution < 1.29 is 9.18 Å². The standard InChI is InChI=1S/C17H15FN2O/c18-15-7-3-1-5-12(15)9-10-19-17(21)14-11-20-16-8-4-2-6-13(14)16/h1-8,11,20H,9-10H2,(H,19,21). The van der Waals surface area contributed by atoms with Gasteiger partial charge in [0.15, 0.2) is 0 Å². The van der Waals surface area contributed by atoms with Crippen molar-refractivity contribution in [3.05, 3.63) is 71.7 Å². The molecule has 0 fully saturated rings. The number of carbonyl (C=O) groups is 1. The number of H-pyrrole nitrogens is 1. The van der Waals surface area contributed by atoms with E-state index in [2.05, 4.69) is 10.3 Å². The molecule has 1 aromatic heterocycles. The molecule has 3 rings (SSSR count). The number of hydrogen-bond donors (Lipinski definition) is 2. The van der Waals surface area contributed by atoms with Crippen LogP contribution in [0.4, 0.5) is 4.39 Å². The maximum atomic E-state index is 13.5. The second-order valence-corrected chi connectivity index (χ2v) is 4.85. The maximum absolute atomic E-state index is 13.5. The monoisotopic (exact) mass is 282 g/mol. The number of para-hydroxylation sites is 1. The highest BCUT2D eigenvalue weighted by Crippen LogP contribution is 2.17. The summed E-state index contributed by atoms with van der Waals surface area (Å²) in [5.41, 5.74) is 2.15. The molecule has 0 aliphatic heterocycles. The van der Waals surface area contributed by atoms with Gasteiger partial charge in [-0.3, -0.25) is 4.79 Å². The number of amides is 1. The maximum Gasteiger partial charge on any atom is 0.253 e. The van der Waals surface area contributed by atoms with Crippen molar-refractivity contribution in [1.29, 1.82) is 0 Å². The van der Waals surface area contributed by atoms with Crippen LogP contribution in [-0.4, -0.2) is 17.4 Å². The molecule has 0 spiro atoms. The van der Waals surface area contributed by atoms with Gasteiger partial charge in [0, 0.05) is 23.6 Å². The molecule has 0 saturated heterocycles. The highest BCUT2D eigenvalue weighted by Gasteiger charge is 2.11. The average Bonchev–Trinajstić information content (AvgIpc) is 2.93. The van der Waals surface area contributed by atoms with Crippen LogP contribution in [0.1, 0.15) is 15.9 Å². The van der Waals surface area contributed by atoms with Crippen LogP contribution in [0.2, 0.25) is 0 Å². The number of halogens is 1. The minimum atomic E-state index is -0.237. The fraction of sp³-hybridized carbons (Fsp3) is 0.118. The van der Waals surface area contributed by atoms with Crippen molar-refractivity contribution in [3.8, 4) is 0 Å². The number of hydrogen-bond acceptors (Lipinski definition) is 1. The molecule has 0 unspecified atom stereocenters. The molecule has 3 aromatic rings. The number of nitrogens with one attached hydrogen (secondary N) is 2. The fourth-order valence-corrected chi connectivity index (χ4v) is 2.37. The van der Waals surface area contributed by atoms with E-state index in [0.717, 1.165) is 10.9 Å². The van der Waals surface area contributed by atoms with Crippen LogP contribution in [-0.2, 0) is 6.42 Å². The van der Waals surface area contributed by atoms with Gasteiger partial charge in [-0.25, -0.2) is 4.39 Å². The summed E-state index contributed by atoms with van der Waals surface area (Å²) in [4.78, 5) is 15.2. The van der Waals surface area contributed by atoms with Crippen LogP contribution in [0.3, 0.4) is 0 Å². The quantitative estimate of drug-likeness (QED) is 0.758. The Morgan fingerprint density at radius 3 is 2.71 bits per heavy atom. The first-order valence-corrected chi connectivity index (χ1v) is 6.83. The molecule has 1 amide bonds. The van der Waals surface area contributed by atoms with E-state index in [4.69, 9.17) is 0 Å².